The number of nitrogens with zero attached hydrogens (tertiary/aromatic N) is 3. The SMILES string of the molecule is CC(C)C(=O)C(NC(=O)c1ccccn1)C(=O)N([C@H]1CCCNCC1=O)S(=O)(=O)c1ccccn1. The number of rotatable bonds is 8. The molecular weight excluding hydrogens is 474 g/mol. The van der Waals surface area contributed by atoms with Crippen molar-refractivity contribution in [1.29, 1.82) is 0 Å². The van der Waals surface area contributed by atoms with Crippen molar-refractivity contribution in [3.05, 3.63) is 54.5 Å². The molecular formula is C23H27N5O6S. The summed E-state index contributed by atoms with van der Waals surface area (Å²) >= 11 is 0. The minimum atomic E-state index is -4.65. The molecule has 0 aliphatic carbocycles. The van der Waals surface area contributed by atoms with Crippen molar-refractivity contribution < 1.29 is 27.6 Å². The van der Waals surface area contributed by atoms with Crippen molar-refractivity contribution in [3.8, 4) is 0 Å². The molecule has 2 aromatic rings. The van der Waals surface area contributed by atoms with Crippen LogP contribution in [0.25, 0.3) is 0 Å². The van der Waals surface area contributed by atoms with E-state index in [-0.39, 0.29) is 18.7 Å². The van der Waals surface area contributed by atoms with Crippen LogP contribution in [0.2, 0.25) is 0 Å². The zero-order valence-electron chi connectivity index (χ0n) is 19.4. The van der Waals surface area contributed by atoms with E-state index in [2.05, 4.69) is 20.6 Å². The fourth-order valence-corrected chi connectivity index (χ4v) is 5.16. The maximum absolute atomic E-state index is 13.8. The third-order valence-corrected chi connectivity index (χ3v) is 7.16. The number of carbonyl (C=O) groups excluding carboxylic acids is 4. The quantitative estimate of drug-likeness (QED) is 0.487. The molecule has 1 aliphatic heterocycles. The summed E-state index contributed by atoms with van der Waals surface area (Å²) in [7, 11) is -4.65. The van der Waals surface area contributed by atoms with Gasteiger partial charge in [0.05, 0.1) is 6.54 Å². The Kier molecular flexibility index (Phi) is 8.41. The summed E-state index contributed by atoms with van der Waals surface area (Å²) in [6.45, 7) is 3.36. The summed E-state index contributed by atoms with van der Waals surface area (Å²) in [5, 5.41) is 4.77. The number of ketones is 2. The van der Waals surface area contributed by atoms with Crippen molar-refractivity contribution in [2.75, 3.05) is 13.1 Å². The predicted molar refractivity (Wildman–Crippen MR) is 125 cm³/mol. The third kappa shape index (κ3) is 5.95. The summed E-state index contributed by atoms with van der Waals surface area (Å²) in [4.78, 5) is 60.3. The Bertz CT molecular complexity index is 1190. The maximum atomic E-state index is 13.8. The van der Waals surface area contributed by atoms with Crippen LogP contribution in [0.5, 0.6) is 0 Å². The first-order valence-electron chi connectivity index (χ1n) is 11.1. The monoisotopic (exact) mass is 501 g/mol. The zero-order chi connectivity index (χ0) is 25.6. The summed E-state index contributed by atoms with van der Waals surface area (Å²) in [5.74, 6) is -4.01. The molecule has 12 heteroatoms. The van der Waals surface area contributed by atoms with Crippen molar-refractivity contribution in [1.82, 2.24) is 24.9 Å². The molecule has 0 radical (unpaired) electrons. The third-order valence-electron chi connectivity index (χ3n) is 5.44. The average Bonchev–Trinajstić information content (AvgIpc) is 3.07. The molecule has 11 nitrogen and oxygen atoms in total. The molecule has 0 bridgehead atoms. The molecule has 2 aromatic heterocycles. The lowest BCUT2D eigenvalue weighted by Gasteiger charge is -2.32. The van der Waals surface area contributed by atoms with Gasteiger partial charge in [0.1, 0.15) is 11.7 Å². The van der Waals surface area contributed by atoms with Crippen LogP contribution in [-0.2, 0) is 24.4 Å². The number of nitrogens with one attached hydrogen (secondary N) is 2. The van der Waals surface area contributed by atoms with Crippen LogP contribution in [0.3, 0.4) is 0 Å². The first-order valence-corrected chi connectivity index (χ1v) is 12.6. The van der Waals surface area contributed by atoms with E-state index >= 15 is 0 Å². The molecule has 1 aliphatic rings. The molecule has 0 saturated carbocycles. The molecule has 35 heavy (non-hydrogen) atoms. The molecule has 0 aromatic carbocycles. The fourth-order valence-electron chi connectivity index (χ4n) is 3.62. The van der Waals surface area contributed by atoms with Gasteiger partial charge in [-0.05, 0) is 43.7 Å². The highest BCUT2D eigenvalue weighted by Gasteiger charge is 2.45. The van der Waals surface area contributed by atoms with Gasteiger partial charge in [-0.1, -0.05) is 26.0 Å². The van der Waals surface area contributed by atoms with Crippen LogP contribution in [0.15, 0.2) is 53.8 Å². The lowest BCUT2D eigenvalue weighted by Crippen LogP contribution is -2.59. The Morgan fingerprint density at radius 3 is 2.37 bits per heavy atom. The smallest absolute Gasteiger partial charge is 0.284 e. The van der Waals surface area contributed by atoms with Crippen molar-refractivity contribution in [2.45, 2.75) is 43.8 Å². The van der Waals surface area contributed by atoms with Gasteiger partial charge in [0.25, 0.3) is 21.8 Å². The first kappa shape index (κ1) is 26.1. The number of amides is 2. The highest BCUT2D eigenvalue weighted by atomic mass is 32.2. The first-order chi connectivity index (χ1) is 16.6. The highest BCUT2D eigenvalue weighted by Crippen LogP contribution is 2.23. The number of carbonyl (C=O) groups is 4. The van der Waals surface area contributed by atoms with E-state index in [1.54, 1.807) is 12.1 Å². The predicted octanol–water partition coefficient (Wildman–Crippen LogP) is 0.339. The van der Waals surface area contributed by atoms with Gasteiger partial charge < -0.3 is 10.6 Å². The van der Waals surface area contributed by atoms with Crippen LogP contribution >= 0.6 is 0 Å². The van der Waals surface area contributed by atoms with Crippen LogP contribution in [-0.4, -0.2) is 71.2 Å². The Labute approximate surface area is 203 Å². The van der Waals surface area contributed by atoms with Gasteiger partial charge in [-0.2, -0.15) is 8.42 Å². The second kappa shape index (κ2) is 11.3. The Morgan fingerprint density at radius 1 is 1.09 bits per heavy atom. The molecule has 1 unspecified atom stereocenters. The molecule has 1 saturated heterocycles. The van der Waals surface area contributed by atoms with E-state index < -0.39 is 56.4 Å². The maximum Gasteiger partial charge on any atom is 0.284 e. The summed E-state index contributed by atoms with van der Waals surface area (Å²) in [6.07, 6.45) is 3.08. The number of aromatic nitrogens is 2. The van der Waals surface area contributed by atoms with Crippen molar-refractivity contribution >= 4 is 33.4 Å². The molecule has 0 spiro atoms. The van der Waals surface area contributed by atoms with Crippen LogP contribution in [0, 0.1) is 5.92 Å². The summed E-state index contributed by atoms with van der Waals surface area (Å²) in [5.41, 5.74) is -0.0595. The van der Waals surface area contributed by atoms with Crippen LogP contribution in [0.4, 0.5) is 0 Å². The van der Waals surface area contributed by atoms with E-state index in [0.717, 1.165) is 0 Å². The van der Waals surface area contributed by atoms with E-state index in [0.29, 0.717) is 17.3 Å². The Hall–Kier alpha value is -3.51. The van der Waals surface area contributed by atoms with Crippen molar-refractivity contribution in [3.63, 3.8) is 0 Å². The van der Waals surface area contributed by atoms with Crippen LogP contribution in [0.1, 0.15) is 37.2 Å². The fraction of sp³-hybridized carbons (Fsp3) is 0.391. The molecule has 3 rings (SSSR count). The minimum Gasteiger partial charge on any atom is -0.333 e. The minimum absolute atomic E-state index is 0.0560. The van der Waals surface area contributed by atoms with E-state index in [9.17, 15) is 27.6 Å². The van der Waals surface area contributed by atoms with E-state index in [1.165, 1.54) is 50.5 Å². The average molecular weight is 502 g/mol. The van der Waals surface area contributed by atoms with Gasteiger partial charge in [0.2, 0.25) is 0 Å². The standard InChI is InChI=1S/C23H27N5O6S/c1-15(2)21(30)20(27-22(31)16-8-3-5-12-25-16)23(32)28(17-9-7-11-24-14-18(17)29)35(33,34)19-10-4-6-13-26-19/h3-6,8,10,12-13,15,17,20,24H,7,9,11,14H2,1-2H3,(H,27,31)/t17-,20?/m0/s1. The van der Waals surface area contributed by atoms with Gasteiger partial charge in [-0.15, -0.1) is 0 Å². The number of hydrogen-bond acceptors (Lipinski definition) is 9. The topological polar surface area (TPSA) is 156 Å². The number of hydrogen-bond donors (Lipinski definition) is 2. The van der Waals surface area contributed by atoms with Gasteiger partial charge in [-0.3, -0.25) is 24.2 Å². The second-order valence-corrected chi connectivity index (χ2v) is 10.0. The van der Waals surface area contributed by atoms with Crippen molar-refractivity contribution in [2.24, 2.45) is 5.92 Å². The van der Waals surface area contributed by atoms with E-state index in [1.807, 2.05) is 0 Å². The molecule has 186 valence electrons. The number of pyridine rings is 2. The summed E-state index contributed by atoms with van der Waals surface area (Å²) < 4.78 is 27.7. The van der Waals surface area contributed by atoms with Gasteiger partial charge in [0.15, 0.2) is 22.6 Å². The number of Topliss-reactive ketones (excluding diaryl/α,β-unsaturated/α-hetero) is 2. The summed E-state index contributed by atoms with van der Waals surface area (Å²) in [6, 6.07) is 5.44. The second-order valence-electron chi connectivity index (χ2n) is 8.29. The zero-order valence-corrected chi connectivity index (χ0v) is 20.2. The number of sulfonamides is 1. The van der Waals surface area contributed by atoms with Gasteiger partial charge >= 0.3 is 0 Å². The molecule has 2 N–H and O–H groups in total. The Balaban J connectivity index is 2.09. The van der Waals surface area contributed by atoms with Crippen LogP contribution < -0.4 is 10.6 Å². The van der Waals surface area contributed by atoms with E-state index in [4.69, 9.17) is 0 Å². The largest absolute Gasteiger partial charge is 0.333 e. The molecule has 2 atom stereocenters. The van der Waals surface area contributed by atoms with Gasteiger partial charge in [-0.25, -0.2) is 9.29 Å². The molecule has 3 heterocycles. The highest BCUT2D eigenvalue weighted by molar-refractivity contribution is 7.89. The Morgan fingerprint density at radius 2 is 1.77 bits per heavy atom. The molecule has 1 fully saturated rings. The molecule has 2 amide bonds. The lowest BCUT2D eigenvalue weighted by molar-refractivity contribution is -0.140. The lowest BCUT2D eigenvalue weighted by atomic mass is 9.99. The normalized spacial score (nSPS) is 17.3. The van der Waals surface area contributed by atoms with Gasteiger partial charge in [0, 0.05) is 18.3 Å².